The van der Waals surface area contributed by atoms with Gasteiger partial charge in [-0.05, 0) is 0 Å². The number of nitro groups is 1. The first-order valence-corrected chi connectivity index (χ1v) is 5.66. The number of aromatic nitrogens is 2. The van der Waals surface area contributed by atoms with Gasteiger partial charge in [-0.2, -0.15) is 0 Å². The molecule has 2 aromatic rings. The number of benzene rings is 1. The third-order valence-electron chi connectivity index (χ3n) is 2.57. The van der Waals surface area contributed by atoms with E-state index in [0.717, 1.165) is 0 Å². The number of anilines is 1. The molecule has 0 saturated heterocycles. The third-order valence-corrected chi connectivity index (χ3v) is 2.57. The molecule has 3 N–H and O–H groups in total. The fraction of sp³-hybridized carbons (Fsp3) is 0.0833. The van der Waals surface area contributed by atoms with E-state index in [1.54, 1.807) is 18.2 Å². The van der Waals surface area contributed by atoms with E-state index in [1.165, 1.54) is 18.5 Å². The van der Waals surface area contributed by atoms with E-state index in [9.17, 15) is 14.9 Å². The van der Waals surface area contributed by atoms with Crippen molar-refractivity contribution < 1.29 is 9.72 Å². The molecule has 8 heteroatoms. The van der Waals surface area contributed by atoms with Crippen molar-refractivity contribution in [3.63, 3.8) is 0 Å². The molecule has 1 aromatic heterocycles. The summed E-state index contributed by atoms with van der Waals surface area (Å²) in [4.78, 5) is 29.8. The van der Waals surface area contributed by atoms with Crippen molar-refractivity contribution in [2.75, 3.05) is 5.73 Å². The standard InChI is InChI=1S/C12H11N5O3/c13-11-10(14-5-6-15-11)12(18)16-7-8-3-1-2-4-9(8)17(19)20/h1-6H,7H2,(H2,13,15)(H,16,18). The fourth-order valence-corrected chi connectivity index (χ4v) is 1.62. The molecule has 0 aliphatic rings. The topological polar surface area (TPSA) is 124 Å². The van der Waals surface area contributed by atoms with Gasteiger partial charge in [0.1, 0.15) is 0 Å². The summed E-state index contributed by atoms with van der Waals surface area (Å²) in [6.45, 7) is 0.00595. The Morgan fingerprint density at radius 1 is 1.30 bits per heavy atom. The summed E-state index contributed by atoms with van der Waals surface area (Å²) in [5.74, 6) is -0.527. The van der Waals surface area contributed by atoms with E-state index in [2.05, 4.69) is 15.3 Å². The van der Waals surface area contributed by atoms with Crippen molar-refractivity contribution >= 4 is 17.4 Å². The summed E-state index contributed by atoms with van der Waals surface area (Å²) < 4.78 is 0. The number of nitrogens with two attached hydrogens (primary N) is 1. The Hall–Kier alpha value is -3.03. The number of rotatable bonds is 4. The van der Waals surface area contributed by atoms with Gasteiger partial charge in [-0.1, -0.05) is 18.2 Å². The van der Waals surface area contributed by atoms with Crippen LogP contribution in [0.15, 0.2) is 36.7 Å². The van der Waals surface area contributed by atoms with E-state index >= 15 is 0 Å². The van der Waals surface area contributed by atoms with Gasteiger partial charge >= 0.3 is 0 Å². The molecule has 20 heavy (non-hydrogen) atoms. The maximum Gasteiger partial charge on any atom is 0.274 e. The molecule has 0 radical (unpaired) electrons. The van der Waals surface area contributed by atoms with Crippen LogP contribution in [0.2, 0.25) is 0 Å². The normalized spacial score (nSPS) is 10.0. The lowest BCUT2D eigenvalue weighted by atomic mass is 10.2. The average Bonchev–Trinajstić information content (AvgIpc) is 2.45. The molecule has 0 fully saturated rings. The predicted molar refractivity (Wildman–Crippen MR) is 70.7 cm³/mol. The molecule has 2 rings (SSSR count). The average molecular weight is 273 g/mol. The molecule has 1 aromatic carbocycles. The summed E-state index contributed by atoms with van der Waals surface area (Å²) in [6.07, 6.45) is 2.71. The predicted octanol–water partition coefficient (Wildman–Crippen LogP) is 0.897. The van der Waals surface area contributed by atoms with Crippen LogP contribution < -0.4 is 11.1 Å². The molecule has 0 atom stereocenters. The maximum absolute atomic E-state index is 11.9. The number of nitrogens with zero attached hydrogens (tertiary/aromatic N) is 3. The number of nitro benzene ring substituents is 1. The van der Waals surface area contributed by atoms with Gasteiger partial charge < -0.3 is 11.1 Å². The summed E-state index contributed by atoms with van der Waals surface area (Å²) in [5, 5.41) is 13.4. The van der Waals surface area contributed by atoms with Crippen LogP contribution in [0.5, 0.6) is 0 Å². The highest BCUT2D eigenvalue weighted by atomic mass is 16.6. The van der Waals surface area contributed by atoms with Crippen molar-refractivity contribution in [3.05, 3.63) is 58.0 Å². The molecule has 102 valence electrons. The first-order chi connectivity index (χ1) is 9.59. The summed E-state index contributed by atoms with van der Waals surface area (Å²) in [6, 6.07) is 6.16. The number of hydrogen-bond donors (Lipinski definition) is 2. The van der Waals surface area contributed by atoms with Gasteiger partial charge in [0.2, 0.25) is 0 Å². The van der Waals surface area contributed by atoms with Gasteiger partial charge in [0.05, 0.1) is 4.92 Å². The fourth-order valence-electron chi connectivity index (χ4n) is 1.62. The van der Waals surface area contributed by atoms with Crippen molar-refractivity contribution in [1.29, 1.82) is 0 Å². The van der Waals surface area contributed by atoms with E-state index in [-0.39, 0.29) is 23.7 Å². The van der Waals surface area contributed by atoms with Crippen LogP contribution in [0.4, 0.5) is 11.5 Å². The van der Waals surface area contributed by atoms with Crippen LogP contribution in [-0.4, -0.2) is 20.8 Å². The van der Waals surface area contributed by atoms with Gasteiger partial charge in [0.25, 0.3) is 11.6 Å². The Kier molecular flexibility index (Phi) is 3.85. The van der Waals surface area contributed by atoms with E-state index in [4.69, 9.17) is 5.73 Å². The van der Waals surface area contributed by atoms with Crippen molar-refractivity contribution in [3.8, 4) is 0 Å². The highest BCUT2D eigenvalue weighted by Crippen LogP contribution is 2.17. The molecule has 0 aliphatic carbocycles. The SMILES string of the molecule is Nc1nccnc1C(=O)NCc1ccccc1[N+](=O)[O-]. The lowest BCUT2D eigenvalue weighted by Crippen LogP contribution is -2.25. The van der Waals surface area contributed by atoms with Crippen LogP contribution in [0.3, 0.4) is 0 Å². The summed E-state index contributed by atoms with van der Waals surface area (Å²) in [7, 11) is 0. The molecule has 0 aliphatic heterocycles. The molecular weight excluding hydrogens is 262 g/mol. The number of nitrogen functional groups attached to an aromatic ring is 1. The smallest absolute Gasteiger partial charge is 0.274 e. The van der Waals surface area contributed by atoms with Crippen molar-refractivity contribution in [1.82, 2.24) is 15.3 Å². The lowest BCUT2D eigenvalue weighted by Gasteiger charge is -2.06. The first kappa shape index (κ1) is 13.4. The molecule has 0 unspecified atom stereocenters. The Bertz CT molecular complexity index is 659. The monoisotopic (exact) mass is 273 g/mol. The zero-order chi connectivity index (χ0) is 14.5. The van der Waals surface area contributed by atoms with Crippen LogP contribution >= 0.6 is 0 Å². The lowest BCUT2D eigenvalue weighted by molar-refractivity contribution is -0.385. The van der Waals surface area contributed by atoms with Crippen LogP contribution in [-0.2, 0) is 6.54 Å². The highest BCUT2D eigenvalue weighted by molar-refractivity contribution is 5.96. The molecule has 1 heterocycles. The van der Waals surface area contributed by atoms with Crippen LogP contribution in [0.25, 0.3) is 0 Å². The zero-order valence-corrected chi connectivity index (χ0v) is 10.3. The van der Waals surface area contributed by atoms with E-state index < -0.39 is 10.8 Å². The largest absolute Gasteiger partial charge is 0.382 e. The van der Waals surface area contributed by atoms with E-state index in [0.29, 0.717) is 5.56 Å². The summed E-state index contributed by atoms with van der Waals surface area (Å²) in [5.41, 5.74) is 5.86. The molecule has 1 amide bonds. The minimum atomic E-state index is -0.534. The molecule has 0 bridgehead atoms. The van der Waals surface area contributed by atoms with Gasteiger partial charge in [-0.15, -0.1) is 0 Å². The third kappa shape index (κ3) is 2.86. The molecule has 0 spiro atoms. The van der Waals surface area contributed by atoms with Gasteiger partial charge in [0.15, 0.2) is 11.5 Å². The van der Waals surface area contributed by atoms with Gasteiger partial charge in [0, 0.05) is 30.6 Å². The number of carbonyl (C=O) groups is 1. The minimum Gasteiger partial charge on any atom is -0.382 e. The van der Waals surface area contributed by atoms with Crippen LogP contribution in [0.1, 0.15) is 16.1 Å². The quantitative estimate of drug-likeness (QED) is 0.629. The van der Waals surface area contributed by atoms with Gasteiger partial charge in [-0.25, -0.2) is 9.97 Å². The second kappa shape index (κ2) is 5.74. The first-order valence-electron chi connectivity index (χ1n) is 5.66. The second-order valence-electron chi connectivity index (χ2n) is 3.86. The number of nitrogens with one attached hydrogen (secondary N) is 1. The minimum absolute atomic E-state index is 0.00595. The van der Waals surface area contributed by atoms with Crippen LogP contribution in [0, 0.1) is 10.1 Å². The van der Waals surface area contributed by atoms with Gasteiger partial charge in [-0.3, -0.25) is 14.9 Å². The Labute approximate surface area is 113 Å². The molecule has 8 nitrogen and oxygen atoms in total. The van der Waals surface area contributed by atoms with Crippen molar-refractivity contribution in [2.45, 2.75) is 6.54 Å². The Morgan fingerprint density at radius 2 is 2.00 bits per heavy atom. The molecule has 0 saturated carbocycles. The number of hydrogen-bond acceptors (Lipinski definition) is 6. The Morgan fingerprint density at radius 3 is 2.70 bits per heavy atom. The van der Waals surface area contributed by atoms with Crippen molar-refractivity contribution in [2.24, 2.45) is 0 Å². The Balaban J connectivity index is 2.12. The number of carbonyl (C=O) groups excluding carboxylic acids is 1. The number of amides is 1. The summed E-state index contributed by atoms with van der Waals surface area (Å²) >= 11 is 0. The highest BCUT2D eigenvalue weighted by Gasteiger charge is 2.15. The van der Waals surface area contributed by atoms with E-state index in [1.807, 2.05) is 0 Å². The molecular formula is C12H11N5O3. The number of para-hydroxylation sites is 1. The zero-order valence-electron chi connectivity index (χ0n) is 10.3. The second-order valence-corrected chi connectivity index (χ2v) is 3.86. The maximum atomic E-state index is 11.9.